The number of piperidine rings is 1. The maximum absolute atomic E-state index is 13.2. The number of aldehydes is 1. The number of carbonyl (C=O) groups excluding carboxylic acids is 1. The minimum absolute atomic E-state index is 0.0933. The number of halogens is 3. The highest BCUT2D eigenvalue weighted by Crippen LogP contribution is 2.31. The fraction of sp³-hybridized carbons (Fsp3) is 0.381. The van der Waals surface area contributed by atoms with Crippen molar-refractivity contribution in [3.63, 3.8) is 0 Å². The van der Waals surface area contributed by atoms with Crippen LogP contribution in [0.15, 0.2) is 42.5 Å². The Morgan fingerprint density at radius 1 is 1.07 bits per heavy atom. The van der Waals surface area contributed by atoms with Crippen molar-refractivity contribution < 1.29 is 22.7 Å². The fourth-order valence-electron chi connectivity index (χ4n) is 3.17. The number of nitrogens with zero attached hydrogens (tertiary/aromatic N) is 1. The summed E-state index contributed by atoms with van der Waals surface area (Å²) in [5.41, 5.74) is 2.06. The molecule has 2 aromatic carbocycles. The van der Waals surface area contributed by atoms with Crippen LogP contribution in [0.3, 0.4) is 0 Å². The van der Waals surface area contributed by atoms with Crippen LogP contribution in [0.4, 0.5) is 13.2 Å². The number of benzene rings is 2. The molecule has 0 spiro atoms. The zero-order valence-corrected chi connectivity index (χ0v) is 15.0. The smallest absolute Gasteiger partial charge is 0.250 e. The third-order valence-corrected chi connectivity index (χ3v) is 4.76. The molecule has 0 aromatic heterocycles. The summed E-state index contributed by atoms with van der Waals surface area (Å²) < 4.78 is 45.4. The largest absolute Gasteiger partial charge is 0.493 e. The number of alkyl halides is 2. The van der Waals surface area contributed by atoms with E-state index in [2.05, 4.69) is 0 Å². The van der Waals surface area contributed by atoms with Crippen molar-refractivity contribution in [1.29, 1.82) is 0 Å². The number of hydrogen-bond acceptors (Lipinski definition) is 3. The lowest BCUT2D eigenvalue weighted by atomic mass is 10.0. The van der Waals surface area contributed by atoms with Crippen molar-refractivity contribution in [2.45, 2.75) is 25.2 Å². The first-order valence-corrected chi connectivity index (χ1v) is 9.05. The molecule has 1 aliphatic heterocycles. The van der Waals surface area contributed by atoms with E-state index in [9.17, 15) is 18.0 Å². The van der Waals surface area contributed by atoms with Gasteiger partial charge in [0, 0.05) is 43.6 Å². The first kappa shape index (κ1) is 19.4. The summed E-state index contributed by atoms with van der Waals surface area (Å²) in [5.74, 6) is -2.30. The van der Waals surface area contributed by atoms with E-state index >= 15 is 0 Å². The van der Waals surface area contributed by atoms with E-state index in [1.165, 1.54) is 12.1 Å². The van der Waals surface area contributed by atoms with Gasteiger partial charge in [0.05, 0.1) is 6.61 Å². The number of likely N-dealkylation sites (tertiary alicyclic amines) is 1. The molecular weight excluding hydrogens is 355 g/mol. The Hall–Kier alpha value is -2.34. The van der Waals surface area contributed by atoms with E-state index in [1.54, 1.807) is 30.3 Å². The molecule has 0 unspecified atom stereocenters. The predicted molar refractivity (Wildman–Crippen MR) is 98.0 cm³/mol. The summed E-state index contributed by atoms with van der Waals surface area (Å²) in [6.45, 7) is 1.89. The van der Waals surface area contributed by atoms with Gasteiger partial charge in [-0.3, -0.25) is 4.79 Å². The van der Waals surface area contributed by atoms with Gasteiger partial charge in [-0.25, -0.2) is 13.2 Å². The highest BCUT2D eigenvalue weighted by Gasteiger charge is 2.33. The lowest BCUT2D eigenvalue weighted by Crippen LogP contribution is -2.40. The average Bonchev–Trinajstić information content (AvgIpc) is 2.67. The molecule has 2 aromatic rings. The Bertz CT molecular complexity index is 767. The highest BCUT2D eigenvalue weighted by atomic mass is 19.3. The first-order valence-electron chi connectivity index (χ1n) is 9.05. The number of hydrogen-bond donors (Lipinski definition) is 0. The van der Waals surface area contributed by atoms with E-state index in [0.29, 0.717) is 44.0 Å². The number of carbonyl (C=O) groups is 1. The van der Waals surface area contributed by atoms with Gasteiger partial charge in [-0.15, -0.1) is 0 Å². The molecule has 1 aliphatic rings. The second-order valence-corrected chi connectivity index (χ2v) is 6.78. The zero-order valence-electron chi connectivity index (χ0n) is 15.0. The number of rotatable bonds is 7. The maximum Gasteiger partial charge on any atom is 0.250 e. The topological polar surface area (TPSA) is 29.5 Å². The van der Waals surface area contributed by atoms with Crippen LogP contribution >= 0.6 is 0 Å². The van der Waals surface area contributed by atoms with Gasteiger partial charge in [0.25, 0.3) is 5.92 Å². The quantitative estimate of drug-likeness (QED) is 0.513. The molecule has 0 atom stereocenters. The third kappa shape index (κ3) is 5.32. The molecule has 144 valence electrons. The van der Waals surface area contributed by atoms with E-state index in [-0.39, 0.29) is 18.7 Å². The Balaban J connectivity index is 1.60. The third-order valence-electron chi connectivity index (χ3n) is 4.76. The molecule has 6 heteroatoms. The summed E-state index contributed by atoms with van der Waals surface area (Å²) in [5, 5.41) is 0. The summed E-state index contributed by atoms with van der Waals surface area (Å²) in [6.07, 6.45) is 1.25. The van der Waals surface area contributed by atoms with Crippen molar-refractivity contribution in [1.82, 2.24) is 4.90 Å². The van der Waals surface area contributed by atoms with Crippen LogP contribution in [0.1, 0.15) is 29.6 Å². The van der Waals surface area contributed by atoms with Gasteiger partial charge in [0.1, 0.15) is 17.9 Å². The molecule has 0 radical (unpaired) electrons. The van der Waals surface area contributed by atoms with Crippen molar-refractivity contribution >= 4 is 6.29 Å². The van der Waals surface area contributed by atoms with Crippen LogP contribution in [0.5, 0.6) is 5.75 Å². The van der Waals surface area contributed by atoms with Crippen LogP contribution in [-0.4, -0.2) is 43.3 Å². The highest BCUT2D eigenvalue weighted by molar-refractivity contribution is 5.80. The minimum Gasteiger partial charge on any atom is -0.493 e. The SMILES string of the molecule is O=Cc1ccc(-c2ccc(F)cc2)c(OCCCN2CCC(F)(F)CC2)c1. The zero-order chi connectivity index (χ0) is 19.3. The average molecular weight is 377 g/mol. The van der Waals surface area contributed by atoms with Crippen molar-refractivity contribution in [3.05, 3.63) is 53.8 Å². The summed E-state index contributed by atoms with van der Waals surface area (Å²) in [4.78, 5) is 13.1. The summed E-state index contributed by atoms with van der Waals surface area (Å²) >= 11 is 0. The van der Waals surface area contributed by atoms with Gasteiger partial charge in [-0.2, -0.15) is 0 Å². The first-order chi connectivity index (χ1) is 13.0. The molecule has 1 heterocycles. The summed E-state index contributed by atoms with van der Waals surface area (Å²) in [6, 6.07) is 11.2. The van der Waals surface area contributed by atoms with E-state index in [0.717, 1.165) is 17.4 Å². The predicted octanol–water partition coefficient (Wildman–Crippen LogP) is 4.81. The Kier molecular flexibility index (Phi) is 6.16. The minimum atomic E-state index is -2.54. The lowest BCUT2D eigenvalue weighted by Gasteiger charge is -2.31. The monoisotopic (exact) mass is 377 g/mol. The molecule has 27 heavy (non-hydrogen) atoms. The molecule has 1 saturated heterocycles. The second-order valence-electron chi connectivity index (χ2n) is 6.78. The molecule has 0 aliphatic carbocycles. The van der Waals surface area contributed by atoms with E-state index in [4.69, 9.17) is 4.74 Å². The molecule has 0 N–H and O–H groups in total. The Morgan fingerprint density at radius 3 is 2.44 bits per heavy atom. The van der Waals surface area contributed by atoms with Gasteiger partial charge >= 0.3 is 0 Å². The Labute approximate surface area is 156 Å². The van der Waals surface area contributed by atoms with Crippen LogP contribution in [0.2, 0.25) is 0 Å². The van der Waals surface area contributed by atoms with E-state index < -0.39 is 5.92 Å². The van der Waals surface area contributed by atoms with Crippen LogP contribution in [-0.2, 0) is 0 Å². The molecular formula is C21H22F3NO2. The van der Waals surface area contributed by atoms with Crippen molar-refractivity contribution in [2.75, 3.05) is 26.2 Å². The lowest BCUT2D eigenvalue weighted by molar-refractivity contribution is -0.0554. The molecule has 0 amide bonds. The summed E-state index contributed by atoms with van der Waals surface area (Å²) in [7, 11) is 0. The molecule has 3 rings (SSSR count). The van der Waals surface area contributed by atoms with E-state index in [1.807, 2.05) is 4.90 Å². The van der Waals surface area contributed by atoms with Gasteiger partial charge < -0.3 is 9.64 Å². The van der Waals surface area contributed by atoms with Crippen LogP contribution in [0, 0.1) is 5.82 Å². The molecule has 1 fully saturated rings. The van der Waals surface area contributed by atoms with Crippen molar-refractivity contribution in [3.8, 4) is 16.9 Å². The fourth-order valence-corrected chi connectivity index (χ4v) is 3.17. The number of ether oxygens (including phenoxy) is 1. The van der Waals surface area contributed by atoms with Crippen LogP contribution in [0.25, 0.3) is 11.1 Å². The van der Waals surface area contributed by atoms with Gasteiger partial charge in [-0.1, -0.05) is 18.2 Å². The molecule has 3 nitrogen and oxygen atoms in total. The standard InChI is InChI=1S/C21H22F3NO2/c22-18-5-3-17(4-6-18)19-7-2-16(15-26)14-20(19)27-13-1-10-25-11-8-21(23,24)9-12-25/h2-7,14-15H,1,8-13H2. The molecule has 0 saturated carbocycles. The van der Waals surface area contributed by atoms with Gasteiger partial charge in [0.15, 0.2) is 0 Å². The van der Waals surface area contributed by atoms with Crippen LogP contribution < -0.4 is 4.74 Å². The van der Waals surface area contributed by atoms with Gasteiger partial charge in [-0.05, 0) is 36.2 Å². The second kappa shape index (κ2) is 8.57. The Morgan fingerprint density at radius 2 is 1.78 bits per heavy atom. The maximum atomic E-state index is 13.2. The van der Waals surface area contributed by atoms with Crippen molar-refractivity contribution in [2.24, 2.45) is 0 Å². The molecule has 0 bridgehead atoms. The van der Waals surface area contributed by atoms with Gasteiger partial charge in [0.2, 0.25) is 0 Å². The normalized spacial score (nSPS) is 16.9.